The van der Waals surface area contributed by atoms with Gasteiger partial charge in [-0.2, -0.15) is 26.3 Å². The van der Waals surface area contributed by atoms with Crippen molar-refractivity contribution in [1.82, 2.24) is 10.2 Å². The molecule has 2 aromatic carbocycles. The fraction of sp³-hybridized carbons (Fsp3) is 0.567. The lowest BCUT2D eigenvalue weighted by molar-refractivity contribution is -0.188. The first-order valence-electron chi connectivity index (χ1n) is 14.0. The first kappa shape index (κ1) is 29.8. The number of likely N-dealkylation sites (tertiary alicyclic amines) is 1. The predicted molar refractivity (Wildman–Crippen MR) is 139 cm³/mol. The van der Waals surface area contributed by atoms with Crippen molar-refractivity contribution in [2.45, 2.75) is 81.1 Å². The maximum Gasteiger partial charge on any atom is 0.416 e. The minimum absolute atomic E-state index is 0.0954. The molecule has 5 rings (SSSR count). The van der Waals surface area contributed by atoms with Crippen LogP contribution >= 0.6 is 0 Å². The van der Waals surface area contributed by atoms with Crippen LogP contribution in [-0.2, 0) is 32.0 Å². The minimum atomic E-state index is -4.96. The Labute approximate surface area is 235 Å². The number of amides is 1. The molecule has 41 heavy (non-hydrogen) atoms. The summed E-state index contributed by atoms with van der Waals surface area (Å²) in [6.07, 6.45) is -5.90. The topological polar surface area (TPSA) is 50.8 Å². The monoisotopic (exact) mass is 584 g/mol. The van der Waals surface area contributed by atoms with Gasteiger partial charge >= 0.3 is 12.4 Å². The van der Waals surface area contributed by atoms with Crippen molar-refractivity contribution in [2.24, 2.45) is 0 Å². The molecule has 1 spiro atoms. The van der Waals surface area contributed by atoms with E-state index >= 15 is 0 Å². The van der Waals surface area contributed by atoms with Crippen LogP contribution in [0.2, 0.25) is 0 Å². The average Bonchev–Trinajstić information content (AvgIpc) is 3.40. The number of nitrogens with one attached hydrogen (secondary N) is 1. The number of alkyl halides is 6. The Morgan fingerprint density at radius 3 is 1.93 bits per heavy atom. The number of nitrogens with zero attached hydrogens (tertiary/aromatic N) is 1. The highest BCUT2D eigenvalue weighted by molar-refractivity contribution is 5.88. The smallest absolute Gasteiger partial charge is 0.349 e. The molecule has 2 heterocycles. The van der Waals surface area contributed by atoms with Crippen molar-refractivity contribution in [1.29, 1.82) is 0 Å². The van der Waals surface area contributed by atoms with Gasteiger partial charge in [0, 0.05) is 32.0 Å². The summed E-state index contributed by atoms with van der Waals surface area (Å²) in [6, 6.07) is 9.83. The van der Waals surface area contributed by atoms with Crippen LogP contribution in [0.15, 0.2) is 48.5 Å². The van der Waals surface area contributed by atoms with Crippen LogP contribution in [-0.4, -0.2) is 48.9 Å². The number of ether oxygens (including phenoxy) is 2. The van der Waals surface area contributed by atoms with Crippen molar-refractivity contribution in [3.8, 4) is 0 Å². The predicted octanol–water partition coefficient (Wildman–Crippen LogP) is 6.62. The summed E-state index contributed by atoms with van der Waals surface area (Å²) in [5.41, 5.74) is -3.23. The van der Waals surface area contributed by atoms with Crippen molar-refractivity contribution in [3.63, 3.8) is 0 Å². The van der Waals surface area contributed by atoms with E-state index in [1.807, 2.05) is 30.3 Å². The Hall–Kier alpha value is -2.63. The van der Waals surface area contributed by atoms with E-state index in [2.05, 4.69) is 10.2 Å². The number of rotatable bonds is 5. The molecule has 3 fully saturated rings. The number of carbonyl (C=O) groups excluding carboxylic acids is 1. The molecule has 1 saturated carbocycles. The van der Waals surface area contributed by atoms with Crippen molar-refractivity contribution in [2.75, 3.05) is 26.3 Å². The first-order chi connectivity index (χ1) is 19.3. The molecule has 0 aromatic heterocycles. The second kappa shape index (κ2) is 11.2. The number of benzene rings is 2. The van der Waals surface area contributed by atoms with Crippen LogP contribution in [0.1, 0.15) is 73.7 Å². The van der Waals surface area contributed by atoms with Crippen molar-refractivity contribution >= 4 is 5.91 Å². The summed E-state index contributed by atoms with van der Waals surface area (Å²) in [5.74, 6) is -0.879. The molecule has 224 valence electrons. The van der Waals surface area contributed by atoms with E-state index in [1.54, 1.807) is 0 Å². The van der Waals surface area contributed by atoms with Crippen LogP contribution in [0.25, 0.3) is 0 Å². The molecule has 1 aliphatic carbocycles. The summed E-state index contributed by atoms with van der Waals surface area (Å²) in [4.78, 5) is 16.3. The van der Waals surface area contributed by atoms with E-state index in [4.69, 9.17) is 9.47 Å². The summed E-state index contributed by atoms with van der Waals surface area (Å²) in [6.45, 7) is 4.27. The third-order valence-electron chi connectivity index (χ3n) is 8.92. The summed E-state index contributed by atoms with van der Waals surface area (Å²) in [5, 5.41) is 2.77. The summed E-state index contributed by atoms with van der Waals surface area (Å²) < 4.78 is 92.3. The lowest BCUT2D eigenvalue weighted by Crippen LogP contribution is -2.53. The molecule has 3 aliphatic rings. The van der Waals surface area contributed by atoms with E-state index in [-0.39, 0.29) is 17.7 Å². The zero-order valence-electron chi connectivity index (χ0n) is 22.8. The van der Waals surface area contributed by atoms with Gasteiger partial charge in [0.15, 0.2) is 5.79 Å². The molecule has 1 atom stereocenters. The normalized spacial score (nSPS) is 26.2. The number of hydrogen-bond acceptors (Lipinski definition) is 4. The van der Waals surface area contributed by atoms with E-state index < -0.39 is 46.6 Å². The quantitative estimate of drug-likeness (QED) is 0.402. The first-order valence-corrected chi connectivity index (χ1v) is 14.0. The van der Waals surface area contributed by atoms with Gasteiger partial charge in [0.25, 0.3) is 0 Å². The third kappa shape index (κ3) is 6.27. The Balaban J connectivity index is 1.34. The van der Waals surface area contributed by atoms with Crippen LogP contribution in [0.5, 0.6) is 0 Å². The molecule has 0 bridgehead atoms. The Bertz CT molecular complexity index is 1180. The van der Waals surface area contributed by atoms with E-state index in [9.17, 15) is 31.1 Å². The second-order valence-corrected chi connectivity index (χ2v) is 11.4. The van der Waals surface area contributed by atoms with E-state index in [0.717, 1.165) is 44.3 Å². The molecule has 11 heteroatoms. The van der Waals surface area contributed by atoms with Crippen LogP contribution < -0.4 is 5.32 Å². The second-order valence-electron chi connectivity index (χ2n) is 11.4. The highest BCUT2D eigenvalue weighted by Crippen LogP contribution is 2.44. The Morgan fingerprint density at radius 2 is 1.41 bits per heavy atom. The van der Waals surface area contributed by atoms with Gasteiger partial charge in [-0.1, -0.05) is 30.3 Å². The number of halogens is 6. The average molecular weight is 585 g/mol. The molecule has 1 amide bonds. The lowest BCUT2D eigenvalue weighted by atomic mass is 9.67. The van der Waals surface area contributed by atoms with Gasteiger partial charge in [0.1, 0.15) is 0 Å². The van der Waals surface area contributed by atoms with Crippen molar-refractivity contribution in [3.05, 3.63) is 70.8 Å². The van der Waals surface area contributed by atoms with Crippen molar-refractivity contribution < 1.29 is 40.6 Å². The van der Waals surface area contributed by atoms with Gasteiger partial charge < -0.3 is 14.8 Å². The fourth-order valence-electron chi connectivity index (χ4n) is 6.53. The third-order valence-corrected chi connectivity index (χ3v) is 8.92. The van der Waals surface area contributed by atoms with Gasteiger partial charge in [0.2, 0.25) is 5.91 Å². The molecule has 0 radical (unpaired) electrons. The molecular formula is C30H34F6N2O3. The van der Waals surface area contributed by atoms with Gasteiger partial charge in [-0.05, 0) is 61.9 Å². The molecule has 2 saturated heterocycles. The zero-order valence-corrected chi connectivity index (χ0v) is 22.8. The molecule has 1 N–H and O–H groups in total. The molecular weight excluding hydrogens is 550 g/mol. The Morgan fingerprint density at radius 1 is 0.878 bits per heavy atom. The summed E-state index contributed by atoms with van der Waals surface area (Å²) in [7, 11) is 0. The van der Waals surface area contributed by atoms with Gasteiger partial charge in [0.05, 0.1) is 35.8 Å². The minimum Gasteiger partial charge on any atom is -0.349 e. The SMILES string of the molecule is CC(NC(=O)[C@]1(c2ccccc2)CC[C@@H](N2CCC3(CC2)OCCO3)CC1)c1cc(C(F)(F)F)cc(C(F)(F)F)c1. The fourth-order valence-corrected chi connectivity index (χ4v) is 6.53. The summed E-state index contributed by atoms with van der Waals surface area (Å²) >= 11 is 0. The van der Waals surface area contributed by atoms with Gasteiger partial charge in [-0.25, -0.2) is 0 Å². The largest absolute Gasteiger partial charge is 0.416 e. The Kier molecular flexibility index (Phi) is 8.17. The zero-order chi connectivity index (χ0) is 29.5. The molecule has 5 nitrogen and oxygen atoms in total. The van der Waals surface area contributed by atoms with E-state index in [1.165, 1.54) is 6.92 Å². The number of piperidine rings is 1. The van der Waals surface area contributed by atoms with Crippen LogP contribution in [0, 0.1) is 0 Å². The van der Waals surface area contributed by atoms with E-state index in [0.29, 0.717) is 38.2 Å². The maximum absolute atomic E-state index is 13.9. The van der Waals surface area contributed by atoms with Gasteiger partial charge in [-0.15, -0.1) is 0 Å². The van der Waals surface area contributed by atoms with Crippen LogP contribution in [0.4, 0.5) is 26.3 Å². The van der Waals surface area contributed by atoms with Crippen LogP contribution in [0.3, 0.4) is 0 Å². The maximum atomic E-state index is 13.9. The molecule has 2 aromatic rings. The number of carbonyl (C=O) groups is 1. The molecule has 2 aliphatic heterocycles. The molecule has 1 unspecified atom stereocenters. The highest BCUT2D eigenvalue weighted by atomic mass is 19.4. The highest BCUT2D eigenvalue weighted by Gasteiger charge is 2.47. The number of hydrogen-bond donors (Lipinski definition) is 1. The lowest BCUT2D eigenvalue weighted by Gasteiger charge is -2.46. The standard InChI is InChI=1S/C30H34F6N2O3/c1-20(21-17-23(29(31,32)33)19-24(18-21)30(34,35)36)37-26(39)27(22-5-3-2-4-6-22)9-7-25(8-10-27)38-13-11-28(12-14-38)40-15-16-41-28/h2-6,17-20,25H,7-16H2,1H3,(H,37,39)/t20?,25-,27-. The van der Waals surface area contributed by atoms with Gasteiger partial charge in [-0.3, -0.25) is 9.69 Å².